The van der Waals surface area contributed by atoms with Crippen LogP contribution in [0.1, 0.15) is 23.6 Å². The lowest BCUT2D eigenvalue weighted by Gasteiger charge is -2.37. The monoisotopic (exact) mass is 395 g/mol. The Morgan fingerprint density at radius 1 is 1.03 bits per heavy atom. The number of carbonyl (C=O) groups is 1. The number of piperazine rings is 1. The Labute approximate surface area is 172 Å². The maximum Gasteiger partial charge on any atom is 0.237 e. The van der Waals surface area contributed by atoms with E-state index in [1.54, 1.807) is 0 Å². The second-order valence-corrected chi connectivity index (χ2v) is 7.88. The van der Waals surface area contributed by atoms with Crippen LogP contribution in [0.25, 0.3) is 0 Å². The number of amides is 1. The van der Waals surface area contributed by atoms with Gasteiger partial charge in [-0.05, 0) is 37.1 Å². The predicted molar refractivity (Wildman–Crippen MR) is 112 cm³/mol. The molecule has 1 fully saturated rings. The molecular formula is C23H29N3O3. The van der Waals surface area contributed by atoms with Gasteiger partial charge in [-0.15, -0.1) is 0 Å². The first-order chi connectivity index (χ1) is 14.1. The summed E-state index contributed by atoms with van der Waals surface area (Å²) in [4.78, 5) is 17.4. The molecule has 1 saturated heterocycles. The fourth-order valence-electron chi connectivity index (χ4n) is 3.93. The number of nitrogens with zero attached hydrogens (tertiary/aromatic N) is 2. The SMILES string of the molecule is Cc1cccc(CN2CCN([C@H](C)C(=O)NCc3ccc4c(c3)OCO4)CC2)c1. The highest BCUT2D eigenvalue weighted by molar-refractivity contribution is 5.81. The van der Waals surface area contributed by atoms with Crippen molar-refractivity contribution < 1.29 is 14.3 Å². The number of aryl methyl sites for hydroxylation is 1. The van der Waals surface area contributed by atoms with E-state index >= 15 is 0 Å². The van der Waals surface area contributed by atoms with Gasteiger partial charge in [-0.25, -0.2) is 0 Å². The Bertz CT molecular complexity index is 862. The quantitative estimate of drug-likeness (QED) is 0.815. The predicted octanol–water partition coefficient (Wildman–Crippen LogP) is 2.55. The zero-order valence-electron chi connectivity index (χ0n) is 17.2. The van der Waals surface area contributed by atoms with E-state index in [1.165, 1.54) is 11.1 Å². The molecule has 1 N–H and O–H groups in total. The molecule has 0 spiro atoms. The van der Waals surface area contributed by atoms with E-state index in [-0.39, 0.29) is 18.7 Å². The Morgan fingerprint density at radius 2 is 1.83 bits per heavy atom. The van der Waals surface area contributed by atoms with Gasteiger partial charge in [0.2, 0.25) is 12.7 Å². The molecule has 2 aromatic rings. The van der Waals surface area contributed by atoms with Crippen molar-refractivity contribution in [3.63, 3.8) is 0 Å². The van der Waals surface area contributed by atoms with Gasteiger partial charge in [-0.1, -0.05) is 35.9 Å². The zero-order chi connectivity index (χ0) is 20.2. The van der Waals surface area contributed by atoms with Crippen LogP contribution in [0.2, 0.25) is 0 Å². The maximum absolute atomic E-state index is 12.6. The van der Waals surface area contributed by atoms with E-state index in [4.69, 9.17) is 9.47 Å². The lowest BCUT2D eigenvalue weighted by atomic mass is 10.1. The van der Waals surface area contributed by atoms with Crippen molar-refractivity contribution in [1.29, 1.82) is 0 Å². The van der Waals surface area contributed by atoms with Crippen LogP contribution in [0.15, 0.2) is 42.5 Å². The molecule has 29 heavy (non-hydrogen) atoms. The highest BCUT2D eigenvalue weighted by Crippen LogP contribution is 2.32. The summed E-state index contributed by atoms with van der Waals surface area (Å²) in [5.74, 6) is 1.57. The lowest BCUT2D eigenvalue weighted by molar-refractivity contribution is -0.126. The lowest BCUT2D eigenvalue weighted by Crippen LogP contribution is -2.53. The van der Waals surface area contributed by atoms with Crippen LogP contribution < -0.4 is 14.8 Å². The van der Waals surface area contributed by atoms with Crippen LogP contribution in [0.3, 0.4) is 0 Å². The van der Waals surface area contributed by atoms with Crippen LogP contribution in [0.5, 0.6) is 11.5 Å². The second-order valence-electron chi connectivity index (χ2n) is 7.88. The summed E-state index contributed by atoms with van der Waals surface area (Å²) in [6.07, 6.45) is 0. The van der Waals surface area contributed by atoms with Gasteiger partial charge in [-0.3, -0.25) is 14.6 Å². The Hall–Kier alpha value is -2.57. The first-order valence-electron chi connectivity index (χ1n) is 10.3. The summed E-state index contributed by atoms with van der Waals surface area (Å²) in [5.41, 5.74) is 3.67. The molecule has 2 aromatic carbocycles. The average molecular weight is 396 g/mol. The molecule has 0 aliphatic carbocycles. The summed E-state index contributed by atoms with van der Waals surface area (Å²) in [6.45, 7) is 9.62. The minimum Gasteiger partial charge on any atom is -0.454 e. The zero-order valence-corrected chi connectivity index (χ0v) is 17.2. The third kappa shape index (κ3) is 4.89. The van der Waals surface area contributed by atoms with Gasteiger partial charge in [0, 0.05) is 39.3 Å². The highest BCUT2D eigenvalue weighted by Gasteiger charge is 2.25. The molecule has 2 heterocycles. The van der Waals surface area contributed by atoms with Crippen LogP contribution in [-0.2, 0) is 17.9 Å². The molecule has 6 nitrogen and oxygen atoms in total. The van der Waals surface area contributed by atoms with Gasteiger partial charge < -0.3 is 14.8 Å². The van der Waals surface area contributed by atoms with E-state index in [1.807, 2.05) is 25.1 Å². The molecule has 2 aliphatic heterocycles. The minimum atomic E-state index is -0.134. The van der Waals surface area contributed by atoms with Crippen LogP contribution >= 0.6 is 0 Å². The molecule has 154 valence electrons. The van der Waals surface area contributed by atoms with Gasteiger partial charge in [0.1, 0.15) is 0 Å². The standard InChI is InChI=1S/C23H29N3O3/c1-17-4-3-5-20(12-17)15-25-8-10-26(11-9-25)18(2)23(27)24-14-19-6-7-21-22(13-19)29-16-28-21/h3-7,12-13,18H,8-11,14-16H2,1-2H3,(H,24,27)/t18-/m1/s1. The van der Waals surface area contributed by atoms with E-state index in [0.717, 1.165) is 49.8 Å². The second kappa shape index (κ2) is 8.84. The van der Waals surface area contributed by atoms with Crippen molar-refractivity contribution in [3.05, 3.63) is 59.2 Å². The molecule has 0 saturated carbocycles. The molecule has 0 bridgehead atoms. The number of nitrogens with one attached hydrogen (secondary N) is 1. The van der Waals surface area contributed by atoms with E-state index in [9.17, 15) is 4.79 Å². The van der Waals surface area contributed by atoms with Gasteiger partial charge in [-0.2, -0.15) is 0 Å². The summed E-state index contributed by atoms with van der Waals surface area (Å²) in [7, 11) is 0. The molecule has 0 radical (unpaired) electrons. The smallest absolute Gasteiger partial charge is 0.237 e. The molecule has 2 aliphatic rings. The summed E-state index contributed by atoms with van der Waals surface area (Å²) in [6, 6.07) is 14.3. The van der Waals surface area contributed by atoms with Gasteiger partial charge in [0.15, 0.2) is 11.5 Å². The largest absolute Gasteiger partial charge is 0.454 e. The number of carbonyl (C=O) groups excluding carboxylic acids is 1. The number of fused-ring (bicyclic) bond motifs is 1. The fraction of sp³-hybridized carbons (Fsp3) is 0.435. The fourth-order valence-corrected chi connectivity index (χ4v) is 3.93. The van der Waals surface area contributed by atoms with Gasteiger partial charge in [0.25, 0.3) is 0 Å². The molecule has 1 amide bonds. The minimum absolute atomic E-state index is 0.0646. The van der Waals surface area contributed by atoms with Crippen LogP contribution in [0.4, 0.5) is 0 Å². The molecule has 6 heteroatoms. The summed E-state index contributed by atoms with van der Waals surface area (Å²) < 4.78 is 10.7. The number of benzene rings is 2. The molecule has 0 unspecified atom stereocenters. The van der Waals surface area contributed by atoms with E-state index in [0.29, 0.717) is 6.54 Å². The molecular weight excluding hydrogens is 366 g/mol. The van der Waals surface area contributed by atoms with Crippen molar-refractivity contribution in [2.24, 2.45) is 0 Å². The van der Waals surface area contributed by atoms with E-state index in [2.05, 4.69) is 46.3 Å². The van der Waals surface area contributed by atoms with Crippen molar-refractivity contribution >= 4 is 5.91 Å². The third-order valence-corrected chi connectivity index (χ3v) is 5.73. The number of ether oxygens (including phenoxy) is 2. The maximum atomic E-state index is 12.6. The molecule has 1 atom stereocenters. The van der Waals surface area contributed by atoms with Gasteiger partial charge in [0.05, 0.1) is 6.04 Å². The van der Waals surface area contributed by atoms with Crippen molar-refractivity contribution in [2.45, 2.75) is 33.0 Å². The molecule has 4 rings (SSSR count). The number of hydrogen-bond donors (Lipinski definition) is 1. The van der Waals surface area contributed by atoms with Crippen molar-refractivity contribution in [1.82, 2.24) is 15.1 Å². The summed E-state index contributed by atoms with van der Waals surface area (Å²) >= 11 is 0. The van der Waals surface area contributed by atoms with Crippen LogP contribution in [-0.4, -0.2) is 54.7 Å². The summed E-state index contributed by atoms with van der Waals surface area (Å²) in [5, 5.41) is 3.05. The molecule has 0 aromatic heterocycles. The Morgan fingerprint density at radius 3 is 2.62 bits per heavy atom. The van der Waals surface area contributed by atoms with Gasteiger partial charge >= 0.3 is 0 Å². The average Bonchev–Trinajstić information content (AvgIpc) is 3.20. The Balaban J connectivity index is 1.23. The van der Waals surface area contributed by atoms with E-state index < -0.39 is 0 Å². The third-order valence-electron chi connectivity index (χ3n) is 5.73. The van der Waals surface area contributed by atoms with Crippen LogP contribution in [0, 0.1) is 6.92 Å². The van der Waals surface area contributed by atoms with Crippen molar-refractivity contribution in [3.8, 4) is 11.5 Å². The highest BCUT2D eigenvalue weighted by atomic mass is 16.7. The first kappa shape index (κ1) is 19.7. The topological polar surface area (TPSA) is 54.0 Å². The normalized spacial score (nSPS) is 17.9. The number of rotatable bonds is 6. The first-order valence-corrected chi connectivity index (χ1v) is 10.3. The van der Waals surface area contributed by atoms with Crippen molar-refractivity contribution in [2.75, 3.05) is 33.0 Å². The Kier molecular flexibility index (Phi) is 6.02. The number of hydrogen-bond acceptors (Lipinski definition) is 5.